The van der Waals surface area contributed by atoms with E-state index in [2.05, 4.69) is 4.98 Å². The second-order valence-corrected chi connectivity index (χ2v) is 8.10. The predicted molar refractivity (Wildman–Crippen MR) is 92.5 cm³/mol. The van der Waals surface area contributed by atoms with Crippen LogP contribution >= 0.6 is 11.8 Å². The van der Waals surface area contributed by atoms with E-state index in [1.807, 2.05) is 48.7 Å². The Bertz CT molecular complexity index is 753. The van der Waals surface area contributed by atoms with Crippen LogP contribution < -0.4 is 4.74 Å². The van der Waals surface area contributed by atoms with Crippen molar-refractivity contribution in [2.45, 2.75) is 31.1 Å². The van der Waals surface area contributed by atoms with Crippen LogP contribution in [0.2, 0.25) is 0 Å². The molecule has 5 nitrogen and oxygen atoms in total. The predicted octanol–water partition coefficient (Wildman–Crippen LogP) is 3.07. The largest absolute Gasteiger partial charge is 0.488 e. The average Bonchev–Trinajstić information content (AvgIpc) is 3.10. The molecule has 2 aliphatic rings. The number of furan rings is 1. The van der Waals surface area contributed by atoms with Crippen LogP contribution in [0.25, 0.3) is 0 Å². The number of hydrogen-bond donors (Lipinski definition) is 0. The van der Waals surface area contributed by atoms with E-state index in [1.165, 1.54) is 0 Å². The SMILES string of the molecule is Cc1cc(C(=O)N2CC3(C[C@@H](Oc4cccnc4)CS3)C2)c(C)o1. The maximum atomic E-state index is 12.6. The molecule has 2 aromatic heterocycles. The molecule has 0 saturated carbocycles. The Balaban J connectivity index is 1.35. The number of pyridine rings is 1. The van der Waals surface area contributed by atoms with E-state index in [0.29, 0.717) is 11.3 Å². The van der Waals surface area contributed by atoms with Gasteiger partial charge in [-0.15, -0.1) is 11.8 Å². The minimum absolute atomic E-state index is 0.0761. The van der Waals surface area contributed by atoms with Gasteiger partial charge in [-0.1, -0.05) is 0 Å². The Morgan fingerprint density at radius 1 is 1.46 bits per heavy atom. The van der Waals surface area contributed by atoms with Crippen molar-refractivity contribution in [3.63, 3.8) is 0 Å². The Morgan fingerprint density at radius 2 is 2.29 bits per heavy atom. The number of aromatic nitrogens is 1. The van der Waals surface area contributed by atoms with Crippen LogP contribution in [-0.2, 0) is 0 Å². The standard InChI is InChI=1S/C18H20N2O3S/c1-12-6-16(13(2)22-12)17(21)20-10-18(11-20)7-15(9-24-18)23-14-4-3-5-19-8-14/h3-6,8,15H,7,9-11H2,1-2H3/t15-/m1/s1. The molecular weight excluding hydrogens is 324 g/mol. The lowest BCUT2D eigenvalue weighted by Crippen LogP contribution is -2.60. The molecule has 0 unspecified atom stereocenters. The van der Waals surface area contributed by atoms with Gasteiger partial charge >= 0.3 is 0 Å². The first-order valence-corrected chi connectivity index (χ1v) is 9.10. The highest BCUT2D eigenvalue weighted by Gasteiger charge is 2.51. The van der Waals surface area contributed by atoms with Gasteiger partial charge in [0.25, 0.3) is 5.91 Å². The van der Waals surface area contributed by atoms with E-state index in [1.54, 1.807) is 12.4 Å². The Kier molecular flexibility index (Phi) is 3.79. The van der Waals surface area contributed by atoms with E-state index < -0.39 is 0 Å². The number of hydrogen-bond acceptors (Lipinski definition) is 5. The van der Waals surface area contributed by atoms with E-state index in [-0.39, 0.29) is 16.8 Å². The van der Waals surface area contributed by atoms with Crippen LogP contribution in [0.5, 0.6) is 5.75 Å². The molecular formula is C18H20N2O3S. The van der Waals surface area contributed by atoms with Gasteiger partial charge in [0.15, 0.2) is 0 Å². The monoisotopic (exact) mass is 344 g/mol. The first kappa shape index (κ1) is 15.6. The molecule has 2 fully saturated rings. The van der Waals surface area contributed by atoms with Crippen molar-refractivity contribution in [3.05, 3.63) is 47.7 Å². The third-order valence-corrected chi connectivity index (χ3v) is 6.20. The first-order chi connectivity index (χ1) is 11.5. The van der Waals surface area contributed by atoms with Crippen molar-refractivity contribution in [3.8, 4) is 5.75 Å². The minimum atomic E-state index is 0.0761. The zero-order valence-corrected chi connectivity index (χ0v) is 14.6. The molecule has 0 radical (unpaired) electrons. The van der Waals surface area contributed by atoms with E-state index in [9.17, 15) is 4.79 Å². The molecule has 4 heterocycles. The Hall–Kier alpha value is -1.95. The number of carbonyl (C=O) groups excluding carboxylic acids is 1. The number of likely N-dealkylation sites (tertiary alicyclic amines) is 1. The van der Waals surface area contributed by atoms with Crippen LogP contribution in [0.1, 0.15) is 28.3 Å². The fourth-order valence-corrected chi connectivity index (χ4v) is 5.04. The second-order valence-electron chi connectivity index (χ2n) is 6.61. The van der Waals surface area contributed by atoms with Gasteiger partial charge in [0.1, 0.15) is 23.4 Å². The number of nitrogens with zero attached hydrogens (tertiary/aromatic N) is 2. The Labute approximate surface area is 145 Å². The summed E-state index contributed by atoms with van der Waals surface area (Å²) in [5.74, 6) is 3.34. The highest BCUT2D eigenvalue weighted by Crippen LogP contribution is 2.46. The summed E-state index contributed by atoms with van der Waals surface area (Å²) in [6, 6.07) is 5.65. The van der Waals surface area contributed by atoms with Crippen LogP contribution in [0.3, 0.4) is 0 Å². The molecule has 126 valence electrons. The van der Waals surface area contributed by atoms with Crippen molar-refractivity contribution in [1.82, 2.24) is 9.88 Å². The molecule has 1 atom stereocenters. The van der Waals surface area contributed by atoms with Gasteiger partial charge in [0.05, 0.1) is 16.5 Å². The first-order valence-electron chi connectivity index (χ1n) is 8.12. The van der Waals surface area contributed by atoms with Crippen molar-refractivity contribution in [2.75, 3.05) is 18.8 Å². The van der Waals surface area contributed by atoms with Crippen molar-refractivity contribution in [2.24, 2.45) is 0 Å². The van der Waals surface area contributed by atoms with Crippen LogP contribution in [-0.4, -0.2) is 45.5 Å². The molecule has 1 amide bonds. The maximum absolute atomic E-state index is 12.6. The number of rotatable bonds is 3. The van der Waals surface area contributed by atoms with Gasteiger partial charge in [-0.2, -0.15) is 0 Å². The molecule has 2 saturated heterocycles. The average molecular weight is 344 g/mol. The smallest absolute Gasteiger partial charge is 0.257 e. The van der Waals surface area contributed by atoms with Gasteiger partial charge in [0, 0.05) is 31.5 Å². The number of amides is 1. The maximum Gasteiger partial charge on any atom is 0.257 e. The third-order valence-electron chi connectivity index (χ3n) is 4.63. The van der Waals surface area contributed by atoms with Gasteiger partial charge in [0.2, 0.25) is 0 Å². The molecule has 0 aliphatic carbocycles. The molecule has 0 bridgehead atoms. The van der Waals surface area contributed by atoms with Crippen molar-refractivity contribution >= 4 is 17.7 Å². The summed E-state index contributed by atoms with van der Waals surface area (Å²) in [6.45, 7) is 5.28. The number of carbonyl (C=O) groups is 1. The molecule has 0 aromatic carbocycles. The molecule has 2 aromatic rings. The van der Waals surface area contributed by atoms with Crippen molar-refractivity contribution in [1.29, 1.82) is 0 Å². The van der Waals surface area contributed by atoms with Crippen LogP contribution in [0.15, 0.2) is 35.0 Å². The molecule has 1 spiro atoms. The lowest BCUT2D eigenvalue weighted by atomic mass is 9.92. The van der Waals surface area contributed by atoms with E-state index >= 15 is 0 Å². The lowest BCUT2D eigenvalue weighted by molar-refractivity contribution is 0.0516. The number of ether oxygens (including phenoxy) is 1. The second kappa shape index (κ2) is 5.84. The summed E-state index contributed by atoms with van der Waals surface area (Å²) in [5, 5.41) is 0. The van der Waals surface area contributed by atoms with E-state index in [4.69, 9.17) is 9.15 Å². The molecule has 2 aliphatic heterocycles. The molecule has 6 heteroatoms. The summed E-state index contributed by atoms with van der Waals surface area (Å²) in [6.07, 6.45) is 4.65. The summed E-state index contributed by atoms with van der Waals surface area (Å²) in [4.78, 5) is 18.6. The van der Waals surface area contributed by atoms with Crippen molar-refractivity contribution < 1.29 is 13.9 Å². The lowest BCUT2D eigenvalue weighted by Gasteiger charge is -2.47. The fraction of sp³-hybridized carbons (Fsp3) is 0.444. The van der Waals surface area contributed by atoms with Gasteiger partial charge in [-0.05, 0) is 32.0 Å². The zero-order valence-electron chi connectivity index (χ0n) is 13.8. The Morgan fingerprint density at radius 3 is 2.96 bits per heavy atom. The summed E-state index contributed by atoms with van der Waals surface area (Å²) in [5.41, 5.74) is 0.688. The number of aryl methyl sites for hydroxylation is 2. The molecule has 24 heavy (non-hydrogen) atoms. The summed E-state index contributed by atoms with van der Waals surface area (Å²) in [7, 11) is 0. The summed E-state index contributed by atoms with van der Waals surface area (Å²) >= 11 is 1.92. The highest BCUT2D eigenvalue weighted by atomic mass is 32.2. The quantitative estimate of drug-likeness (QED) is 0.856. The van der Waals surface area contributed by atoms with Crippen LogP contribution in [0.4, 0.5) is 0 Å². The normalized spacial score (nSPS) is 21.8. The van der Waals surface area contributed by atoms with Gasteiger partial charge in [-0.3, -0.25) is 9.78 Å². The number of thioether (sulfide) groups is 1. The van der Waals surface area contributed by atoms with E-state index in [0.717, 1.165) is 36.8 Å². The highest BCUT2D eigenvalue weighted by molar-refractivity contribution is 8.01. The summed E-state index contributed by atoms with van der Waals surface area (Å²) < 4.78 is 11.6. The zero-order chi connectivity index (χ0) is 16.7. The minimum Gasteiger partial charge on any atom is -0.488 e. The fourth-order valence-electron chi connectivity index (χ4n) is 3.51. The van der Waals surface area contributed by atoms with Crippen LogP contribution in [0, 0.1) is 13.8 Å². The molecule has 4 rings (SSSR count). The van der Waals surface area contributed by atoms with Gasteiger partial charge in [-0.25, -0.2) is 0 Å². The molecule has 0 N–H and O–H groups in total. The van der Waals surface area contributed by atoms with Gasteiger partial charge < -0.3 is 14.1 Å². The third kappa shape index (κ3) is 2.79. The topological polar surface area (TPSA) is 55.6 Å².